The van der Waals surface area contributed by atoms with E-state index in [1.807, 2.05) is 71.1 Å². The van der Waals surface area contributed by atoms with E-state index in [9.17, 15) is 9.59 Å². The Morgan fingerprint density at radius 2 is 1.73 bits per heavy atom. The van der Waals surface area contributed by atoms with Gasteiger partial charge in [-0.15, -0.1) is 0 Å². The molecule has 2 aromatic heterocycles. The lowest BCUT2D eigenvalue weighted by Gasteiger charge is -2.34. The van der Waals surface area contributed by atoms with Crippen LogP contribution >= 0.6 is 0 Å². The zero-order valence-electron chi connectivity index (χ0n) is 17.3. The number of hydrogen-bond acceptors (Lipinski definition) is 3. The van der Waals surface area contributed by atoms with E-state index in [1.54, 1.807) is 4.90 Å². The number of pyridine rings is 1. The van der Waals surface area contributed by atoms with Gasteiger partial charge in [0.15, 0.2) is 0 Å². The maximum atomic E-state index is 12.5. The molecule has 4 rings (SSSR count). The van der Waals surface area contributed by atoms with Crippen molar-refractivity contribution in [2.45, 2.75) is 19.8 Å². The summed E-state index contributed by atoms with van der Waals surface area (Å²) in [4.78, 5) is 33.1. The van der Waals surface area contributed by atoms with E-state index >= 15 is 0 Å². The predicted octanol–water partition coefficient (Wildman–Crippen LogP) is 2.28. The molecule has 3 heterocycles. The highest BCUT2D eigenvalue weighted by atomic mass is 16.2. The molecule has 1 aromatic carbocycles. The zero-order chi connectivity index (χ0) is 20.9. The van der Waals surface area contributed by atoms with Crippen LogP contribution < -0.4 is 5.32 Å². The summed E-state index contributed by atoms with van der Waals surface area (Å²) < 4.78 is 1.98. The molecule has 1 saturated heterocycles. The SMILES string of the molecule is Cc1ccc(CC(=O)N2CCN(C(=O)NCCc3cn4ccccc4n3)CC2)cc1. The lowest BCUT2D eigenvalue weighted by atomic mass is 10.1. The minimum atomic E-state index is -0.0793. The fourth-order valence-electron chi connectivity index (χ4n) is 3.67. The number of hydrogen-bond donors (Lipinski definition) is 1. The number of carbonyl (C=O) groups is 2. The molecule has 0 saturated carbocycles. The van der Waals surface area contributed by atoms with Crippen molar-refractivity contribution in [1.29, 1.82) is 0 Å². The lowest BCUT2D eigenvalue weighted by molar-refractivity contribution is -0.131. The van der Waals surface area contributed by atoms with Gasteiger partial charge in [-0.3, -0.25) is 4.79 Å². The molecule has 1 aliphatic heterocycles. The zero-order valence-corrected chi connectivity index (χ0v) is 17.3. The molecule has 3 aromatic rings. The maximum absolute atomic E-state index is 12.5. The normalized spacial score (nSPS) is 14.2. The maximum Gasteiger partial charge on any atom is 0.317 e. The summed E-state index contributed by atoms with van der Waals surface area (Å²) >= 11 is 0. The van der Waals surface area contributed by atoms with Gasteiger partial charge in [-0.1, -0.05) is 35.9 Å². The first-order valence-electron chi connectivity index (χ1n) is 10.4. The van der Waals surface area contributed by atoms with Gasteiger partial charge in [-0.25, -0.2) is 9.78 Å². The van der Waals surface area contributed by atoms with Crippen LogP contribution in [0.2, 0.25) is 0 Å². The number of aryl methyl sites for hydroxylation is 1. The third-order valence-corrected chi connectivity index (χ3v) is 5.47. The summed E-state index contributed by atoms with van der Waals surface area (Å²) in [7, 11) is 0. The van der Waals surface area contributed by atoms with Gasteiger partial charge in [0.05, 0.1) is 12.1 Å². The monoisotopic (exact) mass is 405 g/mol. The topological polar surface area (TPSA) is 70.0 Å². The van der Waals surface area contributed by atoms with Gasteiger partial charge in [-0.2, -0.15) is 0 Å². The molecule has 1 N–H and O–H groups in total. The van der Waals surface area contributed by atoms with Crippen molar-refractivity contribution < 1.29 is 9.59 Å². The van der Waals surface area contributed by atoms with Crippen LogP contribution in [0, 0.1) is 6.92 Å². The van der Waals surface area contributed by atoms with Crippen LogP contribution in [0.1, 0.15) is 16.8 Å². The molecule has 0 atom stereocenters. The van der Waals surface area contributed by atoms with Crippen molar-refractivity contribution in [2.75, 3.05) is 32.7 Å². The summed E-state index contributed by atoms with van der Waals surface area (Å²) in [5.41, 5.74) is 4.07. The third kappa shape index (κ3) is 4.79. The van der Waals surface area contributed by atoms with Gasteiger partial charge in [0.1, 0.15) is 5.65 Å². The fraction of sp³-hybridized carbons (Fsp3) is 0.348. The quantitative estimate of drug-likeness (QED) is 0.708. The standard InChI is InChI=1S/C23H27N5O2/c1-18-5-7-19(8-6-18)16-22(29)26-12-14-27(15-13-26)23(30)24-10-9-20-17-28-11-3-2-4-21(28)25-20/h2-8,11,17H,9-10,12-16H2,1H3,(H,24,30). The van der Waals surface area contributed by atoms with E-state index in [1.165, 1.54) is 5.56 Å². The van der Waals surface area contributed by atoms with E-state index in [-0.39, 0.29) is 11.9 Å². The molecule has 3 amide bonds. The Morgan fingerprint density at radius 1 is 1.00 bits per heavy atom. The van der Waals surface area contributed by atoms with Crippen molar-refractivity contribution in [3.8, 4) is 0 Å². The van der Waals surface area contributed by atoms with Gasteiger partial charge in [0.2, 0.25) is 5.91 Å². The Bertz CT molecular complexity index is 987. The molecule has 0 bridgehead atoms. The number of imidazole rings is 1. The molecule has 7 nitrogen and oxygen atoms in total. The van der Waals surface area contributed by atoms with Crippen LogP contribution in [-0.2, 0) is 17.6 Å². The van der Waals surface area contributed by atoms with Crippen molar-refractivity contribution in [3.63, 3.8) is 0 Å². The first-order chi connectivity index (χ1) is 14.6. The third-order valence-electron chi connectivity index (χ3n) is 5.47. The van der Waals surface area contributed by atoms with Gasteiger partial charge in [-0.05, 0) is 24.6 Å². The van der Waals surface area contributed by atoms with E-state index in [0.717, 1.165) is 16.9 Å². The molecule has 0 radical (unpaired) electrons. The van der Waals surface area contributed by atoms with Crippen molar-refractivity contribution in [1.82, 2.24) is 24.5 Å². The molecule has 156 valence electrons. The number of carbonyl (C=O) groups excluding carboxylic acids is 2. The second-order valence-corrected chi connectivity index (χ2v) is 7.71. The summed E-state index contributed by atoms with van der Waals surface area (Å²) in [6.45, 7) is 4.83. The summed E-state index contributed by atoms with van der Waals surface area (Å²) in [6, 6.07) is 13.9. The molecule has 0 unspecified atom stereocenters. The molecule has 1 aliphatic rings. The van der Waals surface area contributed by atoms with Gasteiger partial charge in [0, 0.05) is 51.5 Å². The van der Waals surface area contributed by atoms with Crippen LogP contribution in [0.4, 0.5) is 4.79 Å². The smallest absolute Gasteiger partial charge is 0.317 e. The van der Waals surface area contributed by atoms with E-state index in [0.29, 0.717) is 45.6 Å². The van der Waals surface area contributed by atoms with Gasteiger partial charge < -0.3 is 19.5 Å². The number of urea groups is 1. The van der Waals surface area contributed by atoms with Crippen LogP contribution in [0.15, 0.2) is 54.9 Å². The first-order valence-corrected chi connectivity index (χ1v) is 10.4. The molecular weight excluding hydrogens is 378 g/mol. The molecule has 0 aliphatic carbocycles. The van der Waals surface area contributed by atoms with Crippen molar-refractivity contribution in [3.05, 3.63) is 71.7 Å². The first kappa shape index (κ1) is 19.9. The van der Waals surface area contributed by atoms with Crippen LogP contribution in [0.5, 0.6) is 0 Å². The predicted molar refractivity (Wildman–Crippen MR) is 115 cm³/mol. The van der Waals surface area contributed by atoms with Crippen LogP contribution in [-0.4, -0.2) is 63.8 Å². The number of benzene rings is 1. The largest absolute Gasteiger partial charge is 0.339 e. The Kier molecular flexibility index (Phi) is 5.97. The summed E-state index contributed by atoms with van der Waals surface area (Å²) in [5.74, 6) is 0.116. The second-order valence-electron chi connectivity index (χ2n) is 7.71. The molecule has 30 heavy (non-hydrogen) atoms. The van der Waals surface area contributed by atoms with Crippen molar-refractivity contribution in [2.24, 2.45) is 0 Å². The van der Waals surface area contributed by atoms with E-state index in [4.69, 9.17) is 0 Å². The Labute approximate surface area is 176 Å². The number of rotatable bonds is 5. The molecule has 7 heteroatoms. The average molecular weight is 406 g/mol. The van der Waals surface area contributed by atoms with Gasteiger partial charge >= 0.3 is 6.03 Å². The average Bonchev–Trinajstić information content (AvgIpc) is 3.18. The minimum Gasteiger partial charge on any atom is -0.339 e. The summed E-state index contributed by atoms with van der Waals surface area (Å²) in [6.07, 6.45) is 5.04. The van der Waals surface area contributed by atoms with Crippen LogP contribution in [0.25, 0.3) is 5.65 Å². The Morgan fingerprint density at radius 3 is 2.47 bits per heavy atom. The molecular formula is C23H27N5O2. The number of nitrogens with zero attached hydrogens (tertiary/aromatic N) is 4. The summed E-state index contributed by atoms with van der Waals surface area (Å²) in [5, 5.41) is 2.97. The Balaban J connectivity index is 1.20. The number of fused-ring (bicyclic) bond motifs is 1. The number of nitrogens with one attached hydrogen (secondary N) is 1. The highest BCUT2D eigenvalue weighted by molar-refractivity contribution is 5.79. The Hall–Kier alpha value is -3.35. The molecule has 0 spiro atoms. The number of aromatic nitrogens is 2. The number of amides is 3. The fourth-order valence-corrected chi connectivity index (χ4v) is 3.67. The lowest BCUT2D eigenvalue weighted by Crippen LogP contribution is -2.53. The number of piperazine rings is 1. The molecule has 1 fully saturated rings. The highest BCUT2D eigenvalue weighted by Gasteiger charge is 2.24. The van der Waals surface area contributed by atoms with Crippen LogP contribution in [0.3, 0.4) is 0 Å². The second kappa shape index (κ2) is 8.98. The van der Waals surface area contributed by atoms with Gasteiger partial charge in [0.25, 0.3) is 0 Å². The van der Waals surface area contributed by atoms with E-state index in [2.05, 4.69) is 10.3 Å². The van der Waals surface area contributed by atoms with Crippen molar-refractivity contribution >= 4 is 17.6 Å². The highest BCUT2D eigenvalue weighted by Crippen LogP contribution is 2.09. The minimum absolute atomic E-state index is 0.0793. The van der Waals surface area contributed by atoms with E-state index < -0.39 is 0 Å².